The average Bonchev–Trinajstić information content (AvgIpc) is 2.41. The molecule has 0 fully saturated rings. The standard InChI is InChI=1S/C15H15BrOS/c16-15-6-4-12(5-7-15)10-18-11-14-3-1-2-13(8-14)9-17/h1-8,17H,9-11H2. The third-order valence-corrected chi connectivity index (χ3v) is 4.23. The van der Waals surface area contributed by atoms with E-state index in [1.54, 1.807) is 0 Å². The molecule has 0 amide bonds. The van der Waals surface area contributed by atoms with Gasteiger partial charge in [-0.25, -0.2) is 0 Å². The van der Waals surface area contributed by atoms with Gasteiger partial charge in [-0.2, -0.15) is 11.8 Å². The van der Waals surface area contributed by atoms with Gasteiger partial charge in [0.1, 0.15) is 0 Å². The van der Waals surface area contributed by atoms with Crippen molar-refractivity contribution in [2.24, 2.45) is 0 Å². The molecule has 1 N–H and O–H groups in total. The molecule has 0 saturated carbocycles. The molecule has 2 aromatic rings. The molecule has 1 nitrogen and oxygen atoms in total. The molecule has 0 radical (unpaired) electrons. The Hall–Kier alpha value is -0.770. The van der Waals surface area contributed by atoms with Crippen molar-refractivity contribution in [1.29, 1.82) is 0 Å². The maximum atomic E-state index is 9.08. The molecular formula is C15H15BrOS. The maximum absolute atomic E-state index is 9.08. The van der Waals surface area contributed by atoms with E-state index in [2.05, 4.69) is 52.3 Å². The lowest BCUT2D eigenvalue weighted by molar-refractivity contribution is 0.282. The number of thioether (sulfide) groups is 1. The molecule has 0 atom stereocenters. The van der Waals surface area contributed by atoms with Crippen LogP contribution in [-0.2, 0) is 18.1 Å². The van der Waals surface area contributed by atoms with Crippen molar-refractivity contribution >= 4 is 27.7 Å². The first-order chi connectivity index (χ1) is 8.78. The molecule has 2 aromatic carbocycles. The number of benzene rings is 2. The van der Waals surface area contributed by atoms with Crippen LogP contribution < -0.4 is 0 Å². The Bertz CT molecular complexity index is 496. The van der Waals surface area contributed by atoms with Crippen LogP contribution in [0.15, 0.2) is 53.0 Å². The zero-order chi connectivity index (χ0) is 12.8. The smallest absolute Gasteiger partial charge is 0.0681 e. The van der Waals surface area contributed by atoms with Gasteiger partial charge in [0.05, 0.1) is 6.61 Å². The van der Waals surface area contributed by atoms with E-state index < -0.39 is 0 Å². The Labute approximate surface area is 120 Å². The summed E-state index contributed by atoms with van der Waals surface area (Å²) in [6.45, 7) is 0.116. The Morgan fingerprint density at radius 2 is 1.56 bits per heavy atom. The van der Waals surface area contributed by atoms with E-state index in [0.29, 0.717) is 0 Å². The van der Waals surface area contributed by atoms with Gasteiger partial charge in [-0.05, 0) is 28.8 Å². The molecule has 0 aliphatic carbocycles. The summed E-state index contributed by atoms with van der Waals surface area (Å²) in [5.41, 5.74) is 3.59. The molecule has 0 spiro atoms. The average molecular weight is 323 g/mol. The van der Waals surface area contributed by atoms with E-state index in [4.69, 9.17) is 5.11 Å². The highest BCUT2D eigenvalue weighted by Gasteiger charge is 1.97. The SMILES string of the molecule is OCc1cccc(CSCc2ccc(Br)cc2)c1. The third kappa shape index (κ3) is 4.16. The second-order valence-corrected chi connectivity index (χ2v) is 6.00. The molecule has 0 bridgehead atoms. The van der Waals surface area contributed by atoms with Crippen molar-refractivity contribution in [2.75, 3.05) is 0 Å². The lowest BCUT2D eigenvalue weighted by atomic mass is 10.1. The summed E-state index contributed by atoms with van der Waals surface area (Å²) >= 11 is 5.32. The van der Waals surface area contributed by atoms with Gasteiger partial charge in [0.2, 0.25) is 0 Å². The topological polar surface area (TPSA) is 20.2 Å². The highest BCUT2D eigenvalue weighted by Crippen LogP contribution is 2.20. The van der Waals surface area contributed by atoms with Crippen LogP contribution in [0.4, 0.5) is 0 Å². The van der Waals surface area contributed by atoms with Gasteiger partial charge in [-0.3, -0.25) is 0 Å². The Morgan fingerprint density at radius 1 is 0.889 bits per heavy atom. The quantitative estimate of drug-likeness (QED) is 0.881. The molecule has 0 aromatic heterocycles. The minimum Gasteiger partial charge on any atom is -0.392 e. The van der Waals surface area contributed by atoms with Crippen LogP contribution in [0.1, 0.15) is 16.7 Å². The molecule has 94 valence electrons. The number of rotatable bonds is 5. The maximum Gasteiger partial charge on any atom is 0.0681 e. The summed E-state index contributed by atoms with van der Waals surface area (Å²) in [5, 5.41) is 9.08. The van der Waals surface area contributed by atoms with Gasteiger partial charge in [-0.15, -0.1) is 0 Å². The monoisotopic (exact) mass is 322 g/mol. The van der Waals surface area contributed by atoms with Crippen molar-refractivity contribution in [3.63, 3.8) is 0 Å². The van der Waals surface area contributed by atoms with Crippen molar-refractivity contribution in [2.45, 2.75) is 18.1 Å². The van der Waals surface area contributed by atoms with Gasteiger partial charge >= 0.3 is 0 Å². The molecule has 0 unspecified atom stereocenters. The fourth-order valence-electron chi connectivity index (χ4n) is 1.69. The first-order valence-electron chi connectivity index (χ1n) is 5.79. The second-order valence-electron chi connectivity index (χ2n) is 4.10. The minimum absolute atomic E-state index is 0.116. The van der Waals surface area contributed by atoms with E-state index >= 15 is 0 Å². The third-order valence-electron chi connectivity index (χ3n) is 2.62. The Balaban J connectivity index is 1.86. The molecule has 18 heavy (non-hydrogen) atoms. The second kappa shape index (κ2) is 6.98. The molecule has 3 heteroatoms. The van der Waals surface area contributed by atoms with Gasteiger partial charge in [-0.1, -0.05) is 52.3 Å². The zero-order valence-electron chi connectivity index (χ0n) is 9.97. The van der Waals surface area contributed by atoms with Crippen LogP contribution in [-0.4, -0.2) is 5.11 Å². The zero-order valence-corrected chi connectivity index (χ0v) is 12.4. The minimum atomic E-state index is 0.116. The number of aliphatic hydroxyl groups is 1. The van der Waals surface area contributed by atoms with Crippen LogP contribution in [0.3, 0.4) is 0 Å². The fraction of sp³-hybridized carbons (Fsp3) is 0.200. The highest BCUT2D eigenvalue weighted by atomic mass is 79.9. The Kier molecular flexibility index (Phi) is 5.29. The van der Waals surface area contributed by atoms with Crippen LogP contribution in [0.2, 0.25) is 0 Å². The number of hydrogen-bond donors (Lipinski definition) is 1. The molecule has 0 saturated heterocycles. The summed E-state index contributed by atoms with van der Waals surface area (Å²) in [6, 6.07) is 16.5. The van der Waals surface area contributed by atoms with Crippen LogP contribution >= 0.6 is 27.7 Å². The Morgan fingerprint density at radius 3 is 2.28 bits per heavy atom. The normalized spacial score (nSPS) is 10.6. The van der Waals surface area contributed by atoms with Gasteiger partial charge in [0, 0.05) is 16.0 Å². The van der Waals surface area contributed by atoms with Crippen molar-refractivity contribution in [3.05, 3.63) is 69.7 Å². The summed E-state index contributed by atoms with van der Waals surface area (Å²) in [7, 11) is 0. The number of halogens is 1. The first-order valence-corrected chi connectivity index (χ1v) is 7.73. The van der Waals surface area contributed by atoms with Gasteiger partial charge < -0.3 is 5.11 Å². The van der Waals surface area contributed by atoms with E-state index in [9.17, 15) is 0 Å². The summed E-state index contributed by atoms with van der Waals surface area (Å²) in [4.78, 5) is 0. The molecule has 0 aliphatic heterocycles. The predicted octanol–water partition coefficient (Wildman–Crippen LogP) is 4.37. The van der Waals surface area contributed by atoms with E-state index in [0.717, 1.165) is 21.5 Å². The number of hydrogen-bond acceptors (Lipinski definition) is 2. The van der Waals surface area contributed by atoms with Crippen molar-refractivity contribution < 1.29 is 5.11 Å². The lowest BCUT2D eigenvalue weighted by Gasteiger charge is -2.04. The fourth-order valence-corrected chi connectivity index (χ4v) is 2.89. The van der Waals surface area contributed by atoms with Crippen LogP contribution in [0.25, 0.3) is 0 Å². The summed E-state index contributed by atoms with van der Waals surface area (Å²) in [5.74, 6) is 1.99. The van der Waals surface area contributed by atoms with E-state index in [-0.39, 0.29) is 6.61 Å². The predicted molar refractivity (Wildman–Crippen MR) is 81.5 cm³/mol. The lowest BCUT2D eigenvalue weighted by Crippen LogP contribution is -1.87. The molecule has 2 rings (SSSR count). The molecule has 0 heterocycles. The molecule has 0 aliphatic rings. The van der Waals surface area contributed by atoms with Crippen LogP contribution in [0.5, 0.6) is 0 Å². The van der Waals surface area contributed by atoms with Gasteiger partial charge in [0.15, 0.2) is 0 Å². The highest BCUT2D eigenvalue weighted by molar-refractivity contribution is 9.10. The van der Waals surface area contributed by atoms with E-state index in [1.807, 2.05) is 23.9 Å². The van der Waals surface area contributed by atoms with Crippen molar-refractivity contribution in [1.82, 2.24) is 0 Å². The molecular weight excluding hydrogens is 308 g/mol. The first kappa shape index (κ1) is 13.7. The summed E-state index contributed by atoms with van der Waals surface area (Å²) in [6.07, 6.45) is 0. The summed E-state index contributed by atoms with van der Waals surface area (Å²) < 4.78 is 1.12. The van der Waals surface area contributed by atoms with E-state index in [1.165, 1.54) is 11.1 Å². The number of aliphatic hydroxyl groups excluding tert-OH is 1. The van der Waals surface area contributed by atoms with Crippen molar-refractivity contribution in [3.8, 4) is 0 Å². The largest absolute Gasteiger partial charge is 0.392 e. The van der Waals surface area contributed by atoms with Gasteiger partial charge in [0.25, 0.3) is 0 Å². The van der Waals surface area contributed by atoms with Crippen LogP contribution in [0, 0.1) is 0 Å².